The molecule has 2 heterocycles. The van der Waals surface area contributed by atoms with E-state index in [1.165, 1.54) is 11.3 Å². The van der Waals surface area contributed by atoms with Gasteiger partial charge in [0.05, 0.1) is 13.2 Å². The summed E-state index contributed by atoms with van der Waals surface area (Å²) >= 11 is 0. The van der Waals surface area contributed by atoms with Gasteiger partial charge in [0.2, 0.25) is 0 Å². The van der Waals surface area contributed by atoms with Gasteiger partial charge in [-0.1, -0.05) is 18.2 Å². The van der Waals surface area contributed by atoms with E-state index in [-0.39, 0.29) is 5.91 Å². The standard InChI is InChI=1S/C20H22N2O2/c1-15-4-2-3-5-18(15)20(23)22-9-8-16-14-17(6-7-19(16)22)21-10-12-24-13-11-21/h2-7,14H,8-13H2,1H3. The number of ether oxygens (including phenoxy) is 1. The number of hydrogen-bond donors (Lipinski definition) is 0. The van der Waals surface area contributed by atoms with Gasteiger partial charge < -0.3 is 14.5 Å². The molecule has 0 aliphatic carbocycles. The number of carbonyl (C=O) groups is 1. The van der Waals surface area contributed by atoms with Crippen LogP contribution in [0, 0.1) is 6.92 Å². The lowest BCUT2D eigenvalue weighted by Crippen LogP contribution is -2.36. The largest absolute Gasteiger partial charge is 0.378 e. The van der Waals surface area contributed by atoms with E-state index >= 15 is 0 Å². The van der Waals surface area contributed by atoms with Crippen molar-refractivity contribution in [2.24, 2.45) is 0 Å². The maximum Gasteiger partial charge on any atom is 0.258 e. The van der Waals surface area contributed by atoms with Crippen LogP contribution < -0.4 is 9.80 Å². The lowest BCUT2D eigenvalue weighted by atomic mass is 10.1. The van der Waals surface area contributed by atoms with Crippen LogP contribution in [0.4, 0.5) is 11.4 Å². The highest BCUT2D eigenvalue weighted by Crippen LogP contribution is 2.33. The molecule has 4 nitrogen and oxygen atoms in total. The van der Waals surface area contributed by atoms with Gasteiger partial charge in [0.25, 0.3) is 5.91 Å². The number of hydrogen-bond acceptors (Lipinski definition) is 3. The molecule has 0 aromatic heterocycles. The molecule has 0 spiro atoms. The molecule has 2 aromatic rings. The monoisotopic (exact) mass is 322 g/mol. The fourth-order valence-corrected chi connectivity index (χ4v) is 3.58. The molecule has 1 fully saturated rings. The Morgan fingerprint density at radius 1 is 1.04 bits per heavy atom. The lowest BCUT2D eigenvalue weighted by Gasteiger charge is -2.29. The van der Waals surface area contributed by atoms with Crippen molar-refractivity contribution in [2.45, 2.75) is 13.3 Å². The summed E-state index contributed by atoms with van der Waals surface area (Å²) in [6.45, 7) is 6.19. The van der Waals surface area contributed by atoms with Gasteiger partial charge in [0.15, 0.2) is 0 Å². The van der Waals surface area contributed by atoms with Crippen molar-refractivity contribution in [3.05, 3.63) is 59.2 Å². The van der Waals surface area contributed by atoms with Crippen LogP contribution in [-0.4, -0.2) is 38.8 Å². The van der Waals surface area contributed by atoms with E-state index in [2.05, 4.69) is 23.1 Å². The Morgan fingerprint density at radius 3 is 2.62 bits per heavy atom. The Kier molecular flexibility index (Phi) is 3.98. The minimum atomic E-state index is 0.103. The highest BCUT2D eigenvalue weighted by atomic mass is 16.5. The maximum atomic E-state index is 12.9. The number of morpholine rings is 1. The number of rotatable bonds is 2. The van der Waals surface area contributed by atoms with Gasteiger partial charge >= 0.3 is 0 Å². The molecular formula is C20H22N2O2. The van der Waals surface area contributed by atoms with Gasteiger partial charge in [-0.2, -0.15) is 0 Å². The number of carbonyl (C=O) groups excluding carboxylic acids is 1. The van der Waals surface area contributed by atoms with Crippen LogP contribution in [0.5, 0.6) is 0 Å². The molecule has 1 amide bonds. The van der Waals surface area contributed by atoms with Crippen molar-refractivity contribution in [1.29, 1.82) is 0 Å². The van der Waals surface area contributed by atoms with Crippen LogP contribution >= 0.6 is 0 Å². The second-order valence-electron chi connectivity index (χ2n) is 6.43. The van der Waals surface area contributed by atoms with Crippen LogP contribution in [0.25, 0.3) is 0 Å². The summed E-state index contributed by atoms with van der Waals surface area (Å²) in [7, 11) is 0. The molecular weight excluding hydrogens is 300 g/mol. The summed E-state index contributed by atoms with van der Waals surface area (Å²) in [6, 6.07) is 14.3. The summed E-state index contributed by atoms with van der Waals surface area (Å²) in [5.74, 6) is 0.103. The first kappa shape index (κ1) is 15.2. The third-order valence-corrected chi connectivity index (χ3v) is 4.96. The van der Waals surface area contributed by atoms with Crippen LogP contribution in [0.2, 0.25) is 0 Å². The third kappa shape index (κ3) is 2.67. The Balaban J connectivity index is 1.60. The van der Waals surface area contributed by atoms with Gasteiger partial charge in [-0.3, -0.25) is 4.79 Å². The molecule has 0 N–H and O–H groups in total. The predicted octanol–water partition coefficient (Wildman–Crippen LogP) is 3.03. The zero-order valence-corrected chi connectivity index (χ0v) is 14.0. The summed E-state index contributed by atoms with van der Waals surface area (Å²) in [5.41, 5.74) is 5.38. The van der Waals surface area contributed by atoms with Gasteiger partial charge in [0.1, 0.15) is 0 Å². The van der Waals surface area contributed by atoms with Crippen LogP contribution in [0.3, 0.4) is 0 Å². The summed E-state index contributed by atoms with van der Waals surface area (Å²) < 4.78 is 5.43. The maximum absolute atomic E-state index is 12.9. The zero-order chi connectivity index (χ0) is 16.5. The first-order chi connectivity index (χ1) is 11.7. The number of fused-ring (bicyclic) bond motifs is 1. The second-order valence-corrected chi connectivity index (χ2v) is 6.43. The average molecular weight is 322 g/mol. The van der Waals surface area contributed by atoms with Crippen molar-refractivity contribution < 1.29 is 9.53 Å². The van der Waals surface area contributed by atoms with Crippen molar-refractivity contribution in [2.75, 3.05) is 42.6 Å². The molecule has 0 unspecified atom stereocenters. The van der Waals surface area contributed by atoms with Gasteiger partial charge in [-0.15, -0.1) is 0 Å². The van der Waals surface area contributed by atoms with E-state index in [1.807, 2.05) is 36.1 Å². The fraction of sp³-hybridized carbons (Fsp3) is 0.350. The molecule has 2 aromatic carbocycles. The Morgan fingerprint density at radius 2 is 1.83 bits per heavy atom. The summed E-state index contributed by atoms with van der Waals surface area (Å²) in [5, 5.41) is 0. The first-order valence-corrected chi connectivity index (χ1v) is 8.57. The van der Waals surface area contributed by atoms with Gasteiger partial charge in [-0.25, -0.2) is 0 Å². The van der Waals surface area contributed by atoms with E-state index in [9.17, 15) is 4.79 Å². The zero-order valence-electron chi connectivity index (χ0n) is 14.0. The van der Waals surface area contributed by atoms with Crippen molar-refractivity contribution in [3.8, 4) is 0 Å². The van der Waals surface area contributed by atoms with Crippen LogP contribution in [-0.2, 0) is 11.2 Å². The van der Waals surface area contributed by atoms with Gasteiger partial charge in [-0.05, 0) is 48.7 Å². The second kappa shape index (κ2) is 6.29. The minimum absolute atomic E-state index is 0.103. The highest BCUT2D eigenvalue weighted by molar-refractivity contribution is 6.08. The molecule has 1 saturated heterocycles. The van der Waals surface area contributed by atoms with Crippen molar-refractivity contribution in [1.82, 2.24) is 0 Å². The Hall–Kier alpha value is -2.33. The SMILES string of the molecule is Cc1ccccc1C(=O)N1CCc2cc(N3CCOCC3)ccc21. The van der Waals surface area contributed by atoms with Gasteiger partial charge in [0, 0.05) is 36.6 Å². The number of anilines is 2. The molecule has 2 aliphatic rings. The van der Waals surface area contributed by atoms with Crippen molar-refractivity contribution in [3.63, 3.8) is 0 Å². The average Bonchev–Trinajstić information content (AvgIpc) is 3.05. The Labute approximate surface area is 142 Å². The number of aryl methyl sites for hydroxylation is 1. The molecule has 0 bridgehead atoms. The summed E-state index contributed by atoms with van der Waals surface area (Å²) in [4.78, 5) is 17.2. The van der Waals surface area contributed by atoms with Crippen LogP contribution in [0.15, 0.2) is 42.5 Å². The van der Waals surface area contributed by atoms with E-state index in [0.717, 1.165) is 56.1 Å². The highest BCUT2D eigenvalue weighted by Gasteiger charge is 2.27. The molecule has 124 valence electrons. The first-order valence-electron chi connectivity index (χ1n) is 8.57. The molecule has 4 rings (SSSR count). The molecule has 4 heteroatoms. The lowest BCUT2D eigenvalue weighted by molar-refractivity contribution is 0.0989. The number of amides is 1. The third-order valence-electron chi connectivity index (χ3n) is 4.96. The molecule has 0 radical (unpaired) electrons. The summed E-state index contributed by atoms with van der Waals surface area (Å²) in [6.07, 6.45) is 0.922. The number of nitrogens with zero attached hydrogens (tertiary/aromatic N) is 2. The quantitative estimate of drug-likeness (QED) is 0.852. The topological polar surface area (TPSA) is 32.8 Å². The number of benzene rings is 2. The fourth-order valence-electron chi connectivity index (χ4n) is 3.58. The normalized spacial score (nSPS) is 17.0. The van der Waals surface area contributed by atoms with E-state index in [1.54, 1.807) is 0 Å². The van der Waals surface area contributed by atoms with E-state index in [0.29, 0.717) is 0 Å². The smallest absolute Gasteiger partial charge is 0.258 e. The molecule has 0 atom stereocenters. The van der Waals surface area contributed by atoms with Crippen molar-refractivity contribution >= 4 is 17.3 Å². The molecule has 24 heavy (non-hydrogen) atoms. The van der Waals surface area contributed by atoms with Crippen LogP contribution in [0.1, 0.15) is 21.5 Å². The Bertz CT molecular complexity index is 766. The predicted molar refractivity (Wildman–Crippen MR) is 96.0 cm³/mol. The minimum Gasteiger partial charge on any atom is -0.378 e. The van der Waals surface area contributed by atoms with E-state index in [4.69, 9.17) is 4.74 Å². The molecule has 0 saturated carbocycles. The molecule has 2 aliphatic heterocycles. The van der Waals surface area contributed by atoms with E-state index < -0.39 is 0 Å².